The third kappa shape index (κ3) is 5.70. The summed E-state index contributed by atoms with van der Waals surface area (Å²) in [5.41, 5.74) is 1.67. The number of carbonyl (C=O) groups is 1. The van der Waals surface area contributed by atoms with E-state index in [1.165, 1.54) is 0 Å². The molecular weight excluding hydrogens is 333 g/mol. The maximum atomic E-state index is 13.3. The summed E-state index contributed by atoms with van der Waals surface area (Å²) in [4.78, 5) is 21.6. The van der Waals surface area contributed by atoms with Crippen LogP contribution in [0, 0.1) is 15.9 Å². The molecule has 8 nitrogen and oxygen atoms in total. The molecular formula is C13H15ClFN3O5. The third-order valence-electron chi connectivity index (χ3n) is 2.45. The van der Waals surface area contributed by atoms with Gasteiger partial charge >= 0.3 is 5.97 Å². The van der Waals surface area contributed by atoms with Gasteiger partial charge in [-0.15, -0.1) is 5.10 Å². The van der Waals surface area contributed by atoms with Gasteiger partial charge in [0.2, 0.25) is 5.90 Å². The molecule has 0 aliphatic carbocycles. The van der Waals surface area contributed by atoms with E-state index in [-0.39, 0.29) is 36.2 Å². The lowest BCUT2D eigenvalue weighted by atomic mass is 10.2. The Morgan fingerprint density at radius 1 is 1.39 bits per heavy atom. The van der Waals surface area contributed by atoms with Crippen LogP contribution in [-0.2, 0) is 14.3 Å². The minimum absolute atomic E-state index is 0.0271. The van der Waals surface area contributed by atoms with Crippen molar-refractivity contribution < 1.29 is 23.6 Å². The quantitative estimate of drug-likeness (QED) is 0.267. The fraction of sp³-hybridized carbons (Fsp3) is 0.385. The number of anilines is 1. The molecule has 0 bridgehead atoms. The Kier molecular flexibility index (Phi) is 7.20. The topological polar surface area (TPSA) is 103 Å². The van der Waals surface area contributed by atoms with Gasteiger partial charge < -0.3 is 9.47 Å². The van der Waals surface area contributed by atoms with Crippen LogP contribution in [0.5, 0.6) is 0 Å². The maximum absolute atomic E-state index is 13.3. The Morgan fingerprint density at radius 2 is 2.04 bits per heavy atom. The predicted octanol–water partition coefficient (Wildman–Crippen LogP) is 3.10. The molecule has 10 heteroatoms. The van der Waals surface area contributed by atoms with Crippen LogP contribution in [0.1, 0.15) is 20.3 Å². The van der Waals surface area contributed by atoms with Crippen molar-refractivity contribution in [2.45, 2.75) is 20.3 Å². The van der Waals surface area contributed by atoms with Crippen molar-refractivity contribution >= 4 is 34.8 Å². The number of nitro groups is 1. The Balaban J connectivity index is 3.00. The number of hydrogen-bond acceptors (Lipinski definition) is 7. The lowest BCUT2D eigenvalue weighted by molar-refractivity contribution is -0.384. The standard InChI is InChI=1S/C13H15ClFN3O5/c1-3-22-12(7-13(19)23-4-2)17-16-10-5-8(14)9(15)6-11(10)18(20)21/h5-6,16H,3-4,7H2,1-2H3/b17-12-. The molecule has 1 rings (SSSR count). The Bertz CT molecular complexity index is 624. The van der Waals surface area contributed by atoms with Gasteiger partial charge in [0.15, 0.2) is 0 Å². The largest absolute Gasteiger partial charge is 0.480 e. The van der Waals surface area contributed by atoms with Gasteiger partial charge in [0.05, 0.1) is 29.2 Å². The van der Waals surface area contributed by atoms with Gasteiger partial charge in [-0.25, -0.2) is 4.39 Å². The van der Waals surface area contributed by atoms with Crippen LogP contribution >= 0.6 is 11.6 Å². The Morgan fingerprint density at radius 3 is 2.61 bits per heavy atom. The number of nitro benzene ring substituents is 1. The molecule has 23 heavy (non-hydrogen) atoms. The number of hydrazone groups is 1. The first-order valence-electron chi connectivity index (χ1n) is 6.63. The normalized spacial score (nSPS) is 11.0. The molecule has 0 aliphatic rings. The minimum atomic E-state index is -0.926. The fourth-order valence-electron chi connectivity index (χ4n) is 1.52. The van der Waals surface area contributed by atoms with Crippen molar-refractivity contribution in [1.29, 1.82) is 0 Å². The van der Waals surface area contributed by atoms with Crippen molar-refractivity contribution in [2.75, 3.05) is 18.6 Å². The lowest BCUT2D eigenvalue weighted by Gasteiger charge is -2.08. The van der Waals surface area contributed by atoms with E-state index in [4.69, 9.17) is 21.1 Å². The monoisotopic (exact) mass is 347 g/mol. The molecule has 0 spiro atoms. The number of halogens is 2. The number of benzene rings is 1. The summed E-state index contributed by atoms with van der Waals surface area (Å²) in [6.07, 6.45) is -0.253. The number of carbonyl (C=O) groups excluding carboxylic acids is 1. The summed E-state index contributed by atoms with van der Waals surface area (Å²) < 4.78 is 23.2. The summed E-state index contributed by atoms with van der Waals surface area (Å²) >= 11 is 5.60. The van der Waals surface area contributed by atoms with Gasteiger partial charge in [-0.2, -0.15) is 0 Å². The number of esters is 1. The minimum Gasteiger partial charge on any atom is -0.480 e. The number of hydrogen-bond donors (Lipinski definition) is 1. The number of rotatable bonds is 7. The fourth-order valence-corrected chi connectivity index (χ4v) is 1.69. The first kappa shape index (κ1) is 18.6. The smallest absolute Gasteiger partial charge is 0.315 e. The molecule has 0 aromatic heterocycles. The third-order valence-corrected chi connectivity index (χ3v) is 2.74. The second-order valence-electron chi connectivity index (χ2n) is 4.07. The number of nitrogens with zero attached hydrogens (tertiary/aromatic N) is 2. The molecule has 1 aromatic carbocycles. The predicted molar refractivity (Wildman–Crippen MR) is 82.0 cm³/mol. The summed E-state index contributed by atoms with van der Waals surface area (Å²) in [6.45, 7) is 3.76. The second kappa shape index (κ2) is 8.89. The highest BCUT2D eigenvalue weighted by molar-refractivity contribution is 6.31. The van der Waals surface area contributed by atoms with E-state index < -0.39 is 22.4 Å². The van der Waals surface area contributed by atoms with Crippen molar-refractivity contribution in [3.05, 3.63) is 33.1 Å². The second-order valence-corrected chi connectivity index (χ2v) is 4.48. The molecule has 126 valence electrons. The average Bonchev–Trinajstić information content (AvgIpc) is 2.48. The van der Waals surface area contributed by atoms with Gasteiger partial charge in [0.1, 0.15) is 17.9 Å². The zero-order valence-corrected chi connectivity index (χ0v) is 13.2. The van der Waals surface area contributed by atoms with E-state index in [0.29, 0.717) is 6.07 Å². The van der Waals surface area contributed by atoms with Gasteiger partial charge in [0, 0.05) is 0 Å². The van der Waals surface area contributed by atoms with E-state index in [1.54, 1.807) is 13.8 Å². The van der Waals surface area contributed by atoms with Gasteiger partial charge in [0.25, 0.3) is 5.69 Å². The summed E-state index contributed by atoms with van der Waals surface area (Å²) in [6, 6.07) is 1.69. The molecule has 0 fully saturated rings. The highest BCUT2D eigenvalue weighted by atomic mass is 35.5. The number of nitrogens with one attached hydrogen (secondary N) is 1. The van der Waals surface area contributed by atoms with Gasteiger partial charge in [-0.05, 0) is 19.9 Å². The summed E-state index contributed by atoms with van der Waals surface area (Å²) in [5, 5.41) is 14.4. The molecule has 0 radical (unpaired) electrons. The molecule has 0 saturated heterocycles. The SMILES string of the molecule is CCOC(=O)C/C(=N/Nc1cc(Cl)c(F)cc1[N+](=O)[O-])OCC. The van der Waals surface area contributed by atoms with Crippen LogP contribution in [0.2, 0.25) is 5.02 Å². The van der Waals surface area contributed by atoms with Crippen LogP contribution in [0.4, 0.5) is 15.8 Å². The van der Waals surface area contributed by atoms with Crippen LogP contribution in [-0.4, -0.2) is 30.0 Å². The lowest BCUT2D eigenvalue weighted by Crippen LogP contribution is -2.15. The highest BCUT2D eigenvalue weighted by Crippen LogP contribution is 2.30. The first-order valence-corrected chi connectivity index (χ1v) is 7.01. The van der Waals surface area contributed by atoms with Crippen molar-refractivity contribution in [3.63, 3.8) is 0 Å². The van der Waals surface area contributed by atoms with E-state index in [9.17, 15) is 19.3 Å². The van der Waals surface area contributed by atoms with E-state index in [2.05, 4.69) is 10.5 Å². The average molecular weight is 348 g/mol. The van der Waals surface area contributed by atoms with Crippen molar-refractivity contribution in [2.24, 2.45) is 5.10 Å². The van der Waals surface area contributed by atoms with E-state index in [1.807, 2.05) is 0 Å². The van der Waals surface area contributed by atoms with Crippen molar-refractivity contribution in [3.8, 4) is 0 Å². The van der Waals surface area contributed by atoms with Crippen LogP contribution < -0.4 is 5.43 Å². The first-order chi connectivity index (χ1) is 10.9. The van der Waals surface area contributed by atoms with Crippen LogP contribution in [0.3, 0.4) is 0 Å². The van der Waals surface area contributed by atoms with Crippen molar-refractivity contribution in [1.82, 2.24) is 0 Å². The molecule has 0 unspecified atom stereocenters. The highest BCUT2D eigenvalue weighted by Gasteiger charge is 2.18. The van der Waals surface area contributed by atoms with E-state index in [0.717, 1.165) is 6.07 Å². The van der Waals surface area contributed by atoms with Crippen LogP contribution in [0.25, 0.3) is 0 Å². The van der Waals surface area contributed by atoms with Crippen LogP contribution in [0.15, 0.2) is 17.2 Å². The Hall–Kier alpha value is -2.42. The summed E-state index contributed by atoms with van der Waals surface area (Å²) in [5.74, 6) is -1.52. The molecule has 0 aliphatic heterocycles. The Labute approximate surface area is 136 Å². The molecule has 0 atom stereocenters. The summed E-state index contributed by atoms with van der Waals surface area (Å²) in [7, 11) is 0. The molecule has 0 heterocycles. The van der Waals surface area contributed by atoms with Gasteiger partial charge in [-0.3, -0.25) is 20.3 Å². The molecule has 0 saturated carbocycles. The maximum Gasteiger partial charge on any atom is 0.315 e. The van der Waals surface area contributed by atoms with E-state index >= 15 is 0 Å². The van der Waals surface area contributed by atoms with Gasteiger partial charge in [-0.1, -0.05) is 11.6 Å². The zero-order valence-electron chi connectivity index (χ0n) is 12.5. The number of ether oxygens (including phenoxy) is 2. The zero-order chi connectivity index (χ0) is 17.4. The molecule has 0 amide bonds. The molecule has 1 aromatic rings. The molecule has 1 N–H and O–H groups in total.